The molecule has 0 amide bonds. The number of rotatable bonds is 3. The fourth-order valence-electron chi connectivity index (χ4n) is 2.77. The fourth-order valence-corrected chi connectivity index (χ4v) is 2.77. The van der Waals surface area contributed by atoms with Gasteiger partial charge in [0.05, 0.1) is 17.6 Å². The molecule has 4 nitrogen and oxygen atoms in total. The van der Waals surface area contributed by atoms with Crippen LogP contribution in [-0.4, -0.2) is 42.6 Å². The first kappa shape index (κ1) is 14.3. The first-order valence-corrected chi connectivity index (χ1v) is 7.28. The van der Waals surface area contributed by atoms with Gasteiger partial charge in [0, 0.05) is 25.2 Å². The molecule has 1 fully saturated rings. The maximum atomic E-state index is 5.86. The molecule has 2 heterocycles. The van der Waals surface area contributed by atoms with Crippen molar-refractivity contribution < 1.29 is 0 Å². The maximum absolute atomic E-state index is 5.86. The highest BCUT2D eigenvalue weighted by Gasteiger charge is 2.22. The minimum Gasteiger partial charge on any atom is -0.366 e. The van der Waals surface area contributed by atoms with Crippen LogP contribution in [0.15, 0.2) is 18.3 Å². The summed E-state index contributed by atoms with van der Waals surface area (Å²) in [4.78, 5) is 9.42. The van der Waals surface area contributed by atoms with Crippen LogP contribution in [0.1, 0.15) is 38.4 Å². The quantitative estimate of drug-likeness (QED) is 0.905. The third kappa shape index (κ3) is 3.45. The Morgan fingerprint density at radius 3 is 2.79 bits per heavy atom. The van der Waals surface area contributed by atoms with Crippen LogP contribution in [0.2, 0.25) is 0 Å². The van der Waals surface area contributed by atoms with E-state index in [-0.39, 0.29) is 6.04 Å². The van der Waals surface area contributed by atoms with Gasteiger partial charge in [0.1, 0.15) is 0 Å². The lowest BCUT2D eigenvalue weighted by atomic mass is 10.1. The molecule has 0 radical (unpaired) electrons. The zero-order valence-corrected chi connectivity index (χ0v) is 12.3. The summed E-state index contributed by atoms with van der Waals surface area (Å²) in [5.74, 6) is 0. The predicted octanol–water partition coefficient (Wildman–Crippen LogP) is 2.02. The molecule has 1 aromatic heterocycles. The average molecular weight is 262 g/mol. The summed E-state index contributed by atoms with van der Waals surface area (Å²) >= 11 is 0. The summed E-state index contributed by atoms with van der Waals surface area (Å²) in [6.07, 6.45) is 4.36. The summed E-state index contributed by atoms with van der Waals surface area (Å²) in [7, 11) is 2.21. The molecule has 2 atom stereocenters. The smallest absolute Gasteiger partial charge is 0.0569 e. The van der Waals surface area contributed by atoms with Gasteiger partial charge < -0.3 is 15.5 Å². The van der Waals surface area contributed by atoms with Gasteiger partial charge in [-0.25, -0.2) is 0 Å². The molecule has 1 aromatic rings. The molecule has 19 heavy (non-hydrogen) atoms. The molecule has 0 aromatic carbocycles. The zero-order valence-electron chi connectivity index (χ0n) is 12.3. The fraction of sp³-hybridized carbons (Fsp3) is 0.667. The second-order valence-corrected chi connectivity index (χ2v) is 5.60. The Bertz CT molecular complexity index is 388. The summed E-state index contributed by atoms with van der Waals surface area (Å²) < 4.78 is 0. The molecule has 2 rings (SSSR count). The van der Waals surface area contributed by atoms with E-state index in [1.54, 1.807) is 0 Å². The summed E-state index contributed by atoms with van der Waals surface area (Å²) in [5.41, 5.74) is 8.05. The van der Waals surface area contributed by atoms with Crippen LogP contribution in [-0.2, 0) is 0 Å². The van der Waals surface area contributed by atoms with E-state index in [1.165, 1.54) is 25.1 Å². The SMILES string of the molecule is CCC1CN(C)CCCN1c1ccc([C@H](C)N)nc1. The highest BCUT2D eigenvalue weighted by Crippen LogP contribution is 2.22. The topological polar surface area (TPSA) is 45.4 Å². The number of nitrogens with zero attached hydrogens (tertiary/aromatic N) is 3. The lowest BCUT2D eigenvalue weighted by molar-refractivity contribution is 0.328. The van der Waals surface area contributed by atoms with Gasteiger partial charge in [-0.2, -0.15) is 0 Å². The third-order valence-electron chi connectivity index (χ3n) is 3.94. The van der Waals surface area contributed by atoms with Crippen molar-refractivity contribution in [2.45, 2.75) is 38.8 Å². The van der Waals surface area contributed by atoms with Crippen molar-refractivity contribution >= 4 is 5.69 Å². The number of likely N-dealkylation sites (N-methyl/N-ethyl adjacent to an activating group) is 1. The standard InChI is InChI=1S/C15H26N4/c1-4-13-11-18(3)8-5-9-19(13)14-6-7-15(12(2)16)17-10-14/h6-7,10,12-13H,4-5,8-9,11,16H2,1-3H3/t12-,13?/m0/s1. The molecule has 1 aliphatic heterocycles. The summed E-state index contributed by atoms with van der Waals surface area (Å²) in [6.45, 7) is 7.66. The van der Waals surface area contributed by atoms with Crippen LogP contribution in [0.25, 0.3) is 0 Å². The van der Waals surface area contributed by atoms with Gasteiger partial charge in [0.25, 0.3) is 0 Å². The first-order chi connectivity index (χ1) is 9.11. The van der Waals surface area contributed by atoms with E-state index in [4.69, 9.17) is 5.73 Å². The van der Waals surface area contributed by atoms with E-state index in [9.17, 15) is 0 Å². The molecule has 4 heteroatoms. The van der Waals surface area contributed by atoms with Gasteiger partial charge in [0.15, 0.2) is 0 Å². The van der Waals surface area contributed by atoms with Crippen molar-refractivity contribution in [2.75, 3.05) is 31.6 Å². The number of anilines is 1. The Labute approximate surface area is 116 Å². The van der Waals surface area contributed by atoms with Crippen molar-refractivity contribution in [2.24, 2.45) is 5.73 Å². The molecule has 0 spiro atoms. The van der Waals surface area contributed by atoms with E-state index < -0.39 is 0 Å². The second-order valence-electron chi connectivity index (χ2n) is 5.60. The van der Waals surface area contributed by atoms with Gasteiger partial charge in [-0.05, 0) is 45.5 Å². The van der Waals surface area contributed by atoms with E-state index in [0.717, 1.165) is 18.8 Å². The van der Waals surface area contributed by atoms with Gasteiger partial charge in [-0.3, -0.25) is 4.98 Å². The Balaban J connectivity index is 2.17. The van der Waals surface area contributed by atoms with Gasteiger partial charge in [0.2, 0.25) is 0 Å². The number of hydrogen-bond donors (Lipinski definition) is 1. The minimum atomic E-state index is 0.00582. The molecule has 0 aliphatic carbocycles. The van der Waals surface area contributed by atoms with E-state index >= 15 is 0 Å². The monoisotopic (exact) mass is 262 g/mol. The van der Waals surface area contributed by atoms with E-state index in [0.29, 0.717) is 6.04 Å². The zero-order chi connectivity index (χ0) is 13.8. The summed E-state index contributed by atoms with van der Waals surface area (Å²) in [6, 6.07) is 4.81. The predicted molar refractivity (Wildman–Crippen MR) is 80.4 cm³/mol. The molecule has 2 N–H and O–H groups in total. The normalized spacial score (nSPS) is 23.2. The Morgan fingerprint density at radius 1 is 1.42 bits per heavy atom. The molecular weight excluding hydrogens is 236 g/mol. The van der Waals surface area contributed by atoms with Crippen molar-refractivity contribution in [3.8, 4) is 0 Å². The van der Waals surface area contributed by atoms with Gasteiger partial charge in [-0.1, -0.05) is 6.92 Å². The maximum Gasteiger partial charge on any atom is 0.0569 e. The molecule has 0 bridgehead atoms. The Kier molecular flexibility index (Phi) is 4.77. The van der Waals surface area contributed by atoms with Crippen LogP contribution in [0, 0.1) is 0 Å². The lowest BCUT2D eigenvalue weighted by Gasteiger charge is -2.32. The van der Waals surface area contributed by atoms with Crippen molar-refractivity contribution in [1.82, 2.24) is 9.88 Å². The Hall–Kier alpha value is -1.13. The molecular formula is C15H26N4. The van der Waals surface area contributed by atoms with Crippen LogP contribution < -0.4 is 10.6 Å². The number of pyridine rings is 1. The van der Waals surface area contributed by atoms with E-state index in [1.807, 2.05) is 13.1 Å². The molecule has 1 aliphatic rings. The molecule has 0 saturated carbocycles. The van der Waals surface area contributed by atoms with Crippen molar-refractivity contribution in [1.29, 1.82) is 0 Å². The molecule has 106 valence electrons. The van der Waals surface area contributed by atoms with Gasteiger partial charge in [-0.15, -0.1) is 0 Å². The highest BCUT2D eigenvalue weighted by atomic mass is 15.2. The lowest BCUT2D eigenvalue weighted by Crippen LogP contribution is -2.39. The van der Waals surface area contributed by atoms with E-state index in [2.05, 4.69) is 40.9 Å². The van der Waals surface area contributed by atoms with Crippen molar-refractivity contribution in [3.63, 3.8) is 0 Å². The van der Waals surface area contributed by atoms with Gasteiger partial charge >= 0.3 is 0 Å². The second kappa shape index (κ2) is 6.35. The molecule has 1 unspecified atom stereocenters. The number of nitrogens with two attached hydrogens (primary N) is 1. The summed E-state index contributed by atoms with van der Waals surface area (Å²) in [5, 5.41) is 0. The number of hydrogen-bond acceptors (Lipinski definition) is 4. The largest absolute Gasteiger partial charge is 0.366 e. The van der Waals surface area contributed by atoms with Crippen LogP contribution >= 0.6 is 0 Å². The van der Waals surface area contributed by atoms with Crippen LogP contribution in [0.5, 0.6) is 0 Å². The first-order valence-electron chi connectivity index (χ1n) is 7.28. The number of aromatic nitrogens is 1. The molecule has 1 saturated heterocycles. The van der Waals surface area contributed by atoms with Crippen molar-refractivity contribution in [3.05, 3.63) is 24.0 Å². The third-order valence-corrected chi connectivity index (χ3v) is 3.94. The van der Waals surface area contributed by atoms with Crippen LogP contribution in [0.3, 0.4) is 0 Å². The Morgan fingerprint density at radius 2 is 2.21 bits per heavy atom. The minimum absolute atomic E-state index is 0.00582. The highest BCUT2D eigenvalue weighted by molar-refractivity contribution is 5.46. The average Bonchev–Trinajstić information content (AvgIpc) is 2.60. The van der Waals surface area contributed by atoms with Crippen LogP contribution in [0.4, 0.5) is 5.69 Å².